The lowest BCUT2D eigenvalue weighted by Gasteiger charge is -2.12. The molecule has 0 spiro atoms. The number of nitrogens with two attached hydrogens (primary N) is 1. The number of carbonyl (C=O) groups excluding carboxylic acids is 1. The molecule has 2 aromatic rings. The maximum atomic E-state index is 12.6. The van der Waals surface area contributed by atoms with Crippen LogP contribution >= 0.6 is 0 Å². The fourth-order valence-corrected chi connectivity index (χ4v) is 1.78. The Morgan fingerprint density at radius 1 is 1.25 bits per heavy atom. The number of hydrogen-bond donors (Lipinski definition) is 2. The van der Waals surface area contributed by atoms with Gasteiger partial charge in [-0.25, -0.2) is 4.98 Å². The molecular weight excluding hydrogens is 257 g/mol. The summed E-state index contributed by atoms with van der Waals surface area (Å²) < 4.78 is 12.6. The molecule has 20 heavy (non-hydrogen) atoms. The van der Waals surface area contributed by atoms with Crippen molar-refractivity contribution in [3.8, 4) is 0 Å². The Morgan fingerprint density at radius 2 is 2.00 bits per heavy atom. The highest BCUT2D eigenvalue weighted by Crippen LogP contribution is 2.08. The third-order valence-corrected chi connectivity index (χ3v) is 2.92. The monoisotopic (exact) mass is 273 g/mol. The number of hydrogen-bond acceptors (Lipinski definition) is 3. The van der Waals surface area contributed by atoms with Gasteiger partial charge in [0.25, 0.3) is 0 Å². The van der Waals surface area contributed by atoms with E-state index < -0.39 is 12.0 Å². The largest absolute Gasteiger partial charge is 0.323 e. The number of aryl methyl sites for hydroxylation is 1. The van der Waals surface area contributed by atoms with E-state index in [1.54, 1.807) is 0 Å². The van der Waals surface area contributed by atoms with Crippen molar-refractivity contribution < 1.29 is 9.18 Å². The lowest BCUT2D eigenvalue weighted by molar-refractivity contribution is -0.117. The number of rotatable bonds is 5. The van der Waals surface area contributed by atoms with Crippen molar-refractivity contribution in [1.29, 1.82) is 0 Å². The summed E-state index contributed by atoms with van der Waals surface area (Å²) in [5.41, 5.74) is 7.41. The average Bonchev–Trinajstić information content (AvgIpc) is 2.48. The van der Waals surface area contributed by atoms with Crippen molar-refractivity contribution in [3.63, 3.8) is 0 Å². The summed E-state index contributed by atoms with van der Waals surface area (Å²) in [6.45, 7) is 0. The van der Waals surface area contributed by atoms with Gasteiger partial charge in [-0.15, -0.1) is 0 Å². The summed E-state index contributed by atoms with van der Waals surface area (Å²) in [4.78, 5) is 15.3. The van der Waals surface area contributed by atoms with Crippen molar-refractivity contribution in [2.24, 2.45) is 5.73 Å². The second-order valence-corrected chi connectivity index (χ2v) is 4.49. The number of nitrogens with one attached hydrogen (secondary N) is 1. The van der Waals surface area contributed by atoms with Gasteiger partial charge in [-0.2, -0.15) is 4.39 Å². The first kappa shape index (κ1) is 14.1. The van der Waals surface area contributed by atoms with Crippen molar-refractivity contribution >= 4 is 11.6 Å². The number of nitrogens with zero attached hydrogens (tertiary/aromatic N) is 1. The smallest absolute Gasteiger partial charge is 0.241 e. The highest BCUT2D eigenvalue weighted by atomic mass is 19.1. The van der Waals surface area contributed by atoms with Crippen LogP contribution in [0.5, 0.6) is 0 Å². The summed E-state index contributed by atoms with van der Waals surface area (Å²) >= 11 is 0. The van der Waals surface area contributed by atoms with E-state index in [1.807, 2.05) is 30.3 Å². The quantitative estimate of drug-likeness (QED) is 0.820. The zero-order valence-electron chi connectivity index (χ0n) is 10.9. The van der Waals surface area contributed by atoms with E-state index in [0.29, 0.717) is 12.1 Å². The van der Waals surface area contributed by atoms with Crippen molar-refractivity contribution in [3.05, 3.63) is 60.2 Å². The molecule has 5 heteroatoms. The standard InChI is InChI=1S/C15H16FN3O/c16-14-9-7-12(10-18-14)19-15(20)13(17)8-6-11-4-2-1-3-5-11/h1-5,7,9-10,13H,6,8,17H2,(H,19,20). The Labute approximate surface area is 116 Å². The third-order valence-electron chi connectivity index (χ3n) is 2.92. The summed E-state index contributed by atoms with van der Waals surface area (Å²) in [5, 5.41) is 2.61. The first-order valence-electron chi connectivity index (χ1n) is 6.37. The minimum atomic E-state index is -0.611. The molecule has 1 heterocycles. The van der Waals surface area contributed by atoms with Gasteiger partial charge in [-0.1, -0.05) is 30.3 Å². The van der Waals surface area contributed by atoms with Crippen LogP contribution in [-0.2, 0) is 11.2 Å². The van der Waals surface area contributed by atoms with Gasteiger partial charge in [0.1, 0.15) is 0 Å². The number of halogens is 1. The van der Waals surface area contributed by atoms with E-state index in [0.717, 1.165) is 12.0 Å². The Kier molecular flexibility index (Phi) is 4.79. The van der Waals surface area contributed by atoms with Crippen LogP contribution in [0.1, 0.15) is 12.0 Å². The summed E-state index contributed by atoms with van der Waals surface area (Å²) in [7, 11) is 0. The molecule has 0 bridgehead atoms. The molecule has 0 aliphatic carbocycles. The van der Waals surface area contributed by atoms with Gasteiger partial charge in [0.2, 0.25) is 11.9 Å². The van der Waals surface area contributed by atoms with Crippen LogP contribution in [0.15, 0.2) is 48.7 Å². The van der Waals surface area contributed by atoms with Crippen LogP contribution in [0.3, 0.4) is 0 Å². The van der Waals surface area contributed by atoms with E-state index in [2.05, 4.69) is 10.3 Å². The van der Waals surface area contributed by atoms with Gasteiger partial charge >= 0.3 is 0 Å². The predicted octanol–water partition coefficient (Wildman–Crippen LogP) is 2.12. The van der Waals surface area contributed by atoms with E-state index in [4.69, 9.17) is 5.73 Å². The van der Waals surface area contributed by atoms with Crippen LogP contribution < -0.4 is 11.1 Å². The van der Waals surface area contributed by atoms with Crippen molar-refractivity contribution in [2.75, 3.05) is 5.32 Å². The fraction of sp³-hybridized carbons (Fsp3) is 0.200. The maximum absolute atomic E-state index is 12.6. The van der Waals surface area contributed by atoms with Crippen LogP contribution in [-0.4, -0.2) is 16.9 Å². The molecule has 1 aromatic carbocycles. The molecule has 2 rings (SSSR count). The highest BCUT2D eigenvalue weighted by molar-refractivity contribution is 5.94. The number of benzene rings is 1. The van der Waals surface area contributed by atoms with Gasteiger partial charge in [-0.3, -0.25) is 4.79 Å². The van der Waals surface area contributed by atoms with Gasteiger partial charge < -0.3 is 11.1 Å². The zero-order chi connectivity index (χ0) is 14.4. The molecule has 0 aliphatic rings. The molecule has 0 radical (unpaired) electrons. The molecule has 104 valence electrons. The second kappa shape index (κ2) is 6.77. The van der Waals surface area contributed by atoms with Gasteiger partial charge in [0.05, 0.1) is 17.9 Å². The molecule has 0 fully saturated rings. The van der Waals surface area contributed by atoms with Gasteiger partial charge in [-0.05, 0) is 30.5 Å². The molecule has 3 N–H and O–H groups in total. The zero-order valence-corrected chi connectivity index (χ0v) is 10.9. The van der Waals surface area contributed by atoms with E-state index in [9.17, 15) is 9.18 Å². The number of amides is 1. The van der Waals surface area contributed by atoms with E-state index >= 15 is 0 Å². The molecule has 4 nitrogen and oxygen atoms in total. The molecule has 1 unspecified atom stereocenters. The van der Waals surface area contributed by atoms with Crippen LogP contribution in [0.25, 0.3) is 0 Å². The van der Waals surface area contributed by atoms with Crippen molar-refractivity contribution in [2.45, 2.75) is 18.9 Å². The number of aromatic nitrogens is 1. The lowest BCUT2D eigenvalue weighted by Crippen LogP contribution is -2.36. The van der Waals surface area contributed by atoms with Gasteiger partial charge in [0, 0.05) is 0 Å². The molecule has 0 saturated heterocycles. The SMILES string of the molecule is NC(CCc1ccccc1)C(=O)Nc1ccc(F)nc1. The number of carbonyl (C=O) groups is 1. The molecule has 1 atom stereocenters. The Morgan fingerprint density at radius 3 is 2.65 bits per heavy atom. The average molecular weight is 273 g/mol. The Hall–Kier alpha value is -2.27. The normalized spacial score (nSPS) is 11.9. The van der Waals surface area contributed by atoms with Crippen LogP contribution in [0, 0.1) is 5.95 Å². The minimum absolute atomic E-state index is 0.297. The topological polar surface area (TPSA) is 68.0 Å². The summed E-state index contributed by atoms with van der Waals surface area (Å²) in [6.07, 6.45) is 2.54. The van der Waals surface area contributed by atoms with E-state index in [-0.39, 0.29) is 5.91 Å². The Bertz CT molecular complexity index is 557. The van der Waals surface area contributed by atoms with Crippen molar-refractivity contribution in [1.82, 2.24) is 4.98 Å². The molecule has 1 amide bonds. The van der Waals surface area contributed by atoms with Gasteiger partial charge in [0.15, 0.2) is 0 Å². The van der Waals surface area contributed by atoms with E-state index in [1.165, 1.54) is 18.3 Å². The number of anilines is 1. The lowest BCUT2D eigenvalue weighted by atomic mass is 10.1. The minimum Gasteiger partial charge on any atom is -0.323 e. The molecule has 0 aliphatic heterocycles. The fourth-order valence-electron chi connectivity index (χ4n) is 1.78. The molecule has 1 aromatic heterocycles. The summed E-state index contributed by atoms with van der Waals surface area (Å²) in [6, 6.07) is 11.9. The number of pyridine rings is 1. The van der Waals surface area contributed by atoms with Crippen LogP contribution in [0.2, 0.25) is 0 Å². The highest BCUT2D eigenvalue weighted by Gasteiger charge is 2.13. The first-order chi connectivity index (χ1) is 9.65. The second-order valence-electron chi connectivity index (χ2n) is 4.49. The predicted molar refractivity (Wildman–Crippen MR) is 75.6 cm³/mol. The first-order valence-corrected chi connectivity index (χ1v) is 6.37. The third kappa shape index (κ3) is 4.13. The maximum Gasteiger partial charge on any atom is 0.241 e. The van der Waals surface area contributed by atoms with Crippen LogP contribution in [0.4, 0.5) is 10.1 Å². The molecular formula is C15H16FN3O. The molecule has 0 saturated carbocycles. The Balaban J connectivity index is 1.84. The summed E-state index contributed by atoms with van der Waals surface area (Å²) in [5.74, 6) is -0.884.